The van der Waals surface area contributed by atoms with Crippen LogP contribution >= 0.6 is 22.9 Å². The van der Waals surface area contributed by atoms with Crippen LogP contribution in [0.15, 0.2) is 40.6 Å². The van der Waals surface area contributed by atoms with Gasteiger partial charge in [0.25, 0.3) is 5.91 Å². The van der Waals surface area contributed by atoms with Gasteiger partial charge >= 0.3 is 0 Å². The Kier molecular flexibility index (Phi) is 6.81. The minimum absolute atomic E-state index is 0.0263. The zero-order chi connectivity index (χ0) is 20.3. The highest BCUT2D eigenvalue weighted by molar-refractivity contribution is 7.90. The number of carbonyl (C=O) groups excluding carboxylic acids is 1. The summed E-state index contributed by atoms with van der Waals surface area (Å²) in [6.45, 7) is 4.78. The van der Waals surface area contributed by atoms with Crippen LogP contribution in [0.1, 0.15) is 41.0 Å². The van der Waals surface area contributed by atoms with E-state index in [2.05, 4.69) is 23.2 Å². The Hall–Kier alpha value is -1.41. The fraction of sp³-hybridized carbons (Fsp3) is 0.450. The van der Waals surface area contributed by atoms with Gasteiger partial charge in [0.05, 0.1) is 16.0 Å². The minimum Gasteiger partial charge on any atom is -0.350 e. The Labute approximate surface area is 175 Å². The first-order valence-electron chi connectivity index (χ1n) is 9.31. The monoisotopic (exact) mass is 440 g/mol. The smallest absolute Gasteiger partial charge is 0.251 e. The molecule has 1 aliphatic rings. The van der Waals surface area contributed by atoms with Gasteiger partial charge in [-0.1, -0.05) is 24.6 Å². The third-order valence-electron chi connectivity index (χ3n) is 5.18. The molecule has 1 amide bonds. The van der Waals surface area contributed by atoms with Gasteiger partial charge in [0.2, 0.25) is 0 Å². The van der Waals surface area contributed by atoms with Gasteiger partial charge in [-0.3, -0.25) is 9.69 Å². The van der Waals surface area contributed by atoms with Crippen molar-refractivity contribution in [3.05, 3.63) is 51.2 Å². The molecule has 1 aromatic carbocycles. The molecule has 28 heavy (non-hydrogen) atoms. The third kappa shape index (κ3) is 5.14. The van der Waals surface area contributed by atoms with Crippen LogP contribution in [0, 0.1) is 5.92 Å². The molecule has 0 radical (unpaired) electrons. The molecule has 1 N–H and O–H groups in total. The van der Waals surface area contributed by atoms with Crippen LogP contribution in [-0.4, -0.2) is 45.1 Å². The van der Waals surface area contributed by atoms with E-state index in [1.165, 1.54) is 17.0 Å². The molecule has 5 nitrogen and oxygen atoms in total. The van der Waals surface area contributed by atoms with Crippen LogP contribution in [0.2, 0.25) is 5.02 Å². The second kappa shape index (κ2) is 8.95. The van der Waals surface area contributed by atoms with Crippen LogP contribution < -0.4 is 5.32 Å². The Morgan fingerprint density at radius 3 is 2.64 bits per heavy atom. The Balaban J connectivity index is 1.74. The van der Waals surface area contributed by atoms with Gasteiger partial charge in [0, 0.05) is 23.2 Å². The molecule has 1 atom stereocenters. The second-order valence-electron chi connectivity index (χ2n) is 7.38. The summed E-state index contributed by atoms with van der Waals surface area (Å²) < 4.78 is 23.7. The lowest BCUT2D eigenvalue weighted by Gasteiger charge is -2.36. The molecule has 3 rings (SSSR count). The molecular formula is C20H25ClN2O3S2. The summed E-state index contributed by atoms with van der Waals surface area (Å²) in [6, 6.07) is 8.60. The van der Waals surface area contributed by atoms with Gasteiger partial charge in [0.15, 0.2) is 9.84 Å². The number of sulfone groups is 1. The average molecular weight is 441 g/mol. The molecule has 2 heterocycles. The van der Waals surface area contributed by atoms with E-state index in [9.17, 15) is 13.2 Å². The van der Waals surface area contributed by atoms with Crippen LogP contribution in [0.25, 0.3) is 0 Å². The number of benzene rings is 1. The van der Waals surface area contributed by atoms with Crippen molar-refractivity contribution < 1.29 is 13.2 Å². The number of thiophene rings is 1. The Morgan fingerprint density at radius 1 is 1.32 bits per heavy atom. The largest absolute Gasteiger partial charge is 0.350 e. The number of halogens is 1. The highest BCUT2D eigenvalue weighted by Gasteiger charge is 2.26. The molecular weight excluding hydrogens is 416 g/mol. The van der Waals surface area contributed by atoms with Crippen LogP contribution in [0.4, 0.5) is 0 Å². The van der Waals surface area contributed by atoms with E-state index in [0.717, 1.165) is 38.1 Å². The highest BCUT2D eigenvalue weighted by Crippen LogP contribution is 2.29. The number of likely N-dealkylation sites (tertiary alicyclic amines) is 1. The van der Waals surface area contributed by atoms with Gasteiger partial charge in [-0.2, -0.15) is 0 Å². The molecule has 1 fully saturated rings. The second-order valence-corrected chi connectivity index (χ2v) is 10.7. The fourth-order valence-corrected chi connectivity index (χ4v) is 5.61. The maximum absolute atomic E-state index is 12.7. The van der Waals surface area contributed by atoms with E-state index < -0.39 is 9.84 Å². The van der Waals surface area contributed by atoms with Gasteiger partial charge in [-0.05, 0) is 61.5 Å². The number of amides is 1. The number of nitrogens with one attached hydrogen (secondary N) is 1. The maximum Gasteiger partial charge on any atom is 0.251 e. The van der Waals surface area contributed by atoms with Crippen LogP contribution in [0.5, 0.6) is 0 Å². The molecule has 1 aromatic heterocycles. The minimum atomic E-state index is -3.50. The maximum atomic E-state index is 12.7. The van der Waals surface area contributed by atoms with Crippen molar-refractivity contribution in [2.24, 2.45) is 5.92 Å². The van der Waals surface area contributed by atoms with Crippen molar-refractivity contribution in [1.29, 1.82) is 0 Å². The number of piperidine rings is 1. The van der Waals surface area contributed by atoms with E-state index in [1.54, 1.807) is 17.4 Å². The van der Waals surface area contributed by atoms with Crippen molar-refractivity contribution >= 4 is 38.7 Å². The summed E-state index contributed by atoms with van der Waals surface area (Å²) in [5, 5.41) is 5.16. The summed E-state index contributed by atoms with van der Waals surface area (Å²) >= 11 is 7.67. The normalized spacial score (nSPS) is 17.4. The van der Waals surface area contributed by atoms with E-state index in [0.29, 0.717) is 12.1 Å². The lowest BCUT2D eigenvalue weighted by Crippen LogP contribution is -2.41. The van der Waals surface area contributed by atoms with Crippen molar-refractivity contribution in [2.75, 3.05) is 25.9 Å². The first-order valence-corrected chi connectivity index (χ1v) is 12.5. The molecule has 8 heteroatoms. The van der Waals surface area contributed by atoms with Crippen molar-refractivity contribution in [3.8, 4) is 0 Å². The number of rotatable bonds is 6. The summed E-state index contributed by atoms with van der Waals surface area (Å²) in [5.41, 5.74) is 0.294. The number of hydrogen-bond acceptors (Lipinski definition) is 5. The van der Waals surface area contributed by atoms with Crippen molar-refractivity contribution in [3.63, 3.8) is 0 Å². The predicted octanol–water partition coefficient (Wildman–Crippen LogP) is 4.01. The van der Waals surface area contributed by atoms with Crippen molar-refractivity contribution in [1.82, 2.24) is 10.2 Å². The zero-order valence-electron chi connectivity index (χ0n) is 16.0. The average Bonchev–Trinajstić information content (AvgIpc) is 3.17. The van der Waals surface area contributed by atoms with E-state index >= 15 is 0 Å². The molecule has 0 aliphatic carbocycles. The lowest BCUT2D eigenvalue weighted by atomic mass is 9.97. The number of hydrogen-bond donors (Lipinski definition) is 1. The first kappa shape index (κ1) is 21.3. The topological polar surface area (TPSA) is 66.5 Å². The molecule has 1 saturated heterocycles. The standard InChI is InChI=1S/C20H25ClN2O3S2/c1-14-7-9-23(10-8-14)17(18-4-3-11-27-18)13-22-20(24)15-5-6-16(21)19(12-15)28(2,25)26/h3-6,11-12,14,17H,7-10,13H2,1-2H3,(H,22,24). The predicted molar refractivity (Wildman–Crippen MR) is 114 cm³/mol. The zero-order valence-corrected chi connectivity index (χ0v) is 18.4. The van der Waals surface area contributed by atoms with Gasteiger partial charge < -0.3 is 5.32 Å². The molecule has 0 bridgehead atoms. The van der Waals surface area contributed by atoms with Gasteiger partial charge in [-0.15, -0.1) is 11.3 Å². The summed E-state index contributed by atoms with van der Waals surface area (Å²) in [7, 11) is -3.50. The summed E-state index contributed by atoms with van der Waals surface area (Å²) in [5.74, 6) is 0.437. The molecule has 1 unspecified atom stereocenters. The van der Waals surface area contributed by atoms with Crippen molar-refractivity contribution in [2.45, 2.75) is 30.7 Å². The third-order valence-corrected chi connectivity index (χ3v) is 7.73. The quantitative estimate of drug-likeness (QED) is 0.737. The van der Waals surface area contributed by atoms with Crippen LogP contribution in [0.3, 0.4) is 0 Å². The molecule has 0 spiro atoms. The molecule has 152 valence electrons. The molecule has 2 aromatic rings. The van der Waals surface area contributed by atoms with E-state index in [1.807, 2.05) is 11.4 Å². The summed E-state index contributed by atoms with van der Waals surface area (Å²) in [6.07, 6.45) is 3.40. The Bertz CT molecular complexity index is 921. The number of nitrogens with zero attached hydrogens (tertiary/aromatic N) is 1. The van der Waals surface area contributed by atoms with Gasteiger partial charge in [0.1, 0.15) is 0 Å². The lowest BCUT2D eigenvalue weighted by molar-refractivity contribution is 0.0914. The molecule has 1 aliphatic heterocycles. The van der Waals surface area contributed by atoms with Gasteiger partial charge in [-0.25, -0.2) is 8.42 Å². The summed E-state index contributed by atoms with van der Waals surface area (Å²) in [4.78, 5) is 16.3. The van der Waals surface area contributed by atoms with E-state index in [-0.39, 0.29) is 21.9 Å². The molecule has 0 saturated carbocycles. The first-order chi connectivity index (χ1) is 13.3. The SMILES string of the molecule is CC1CCN(C(CNC(=O)c2ccc(Cl)c(S(C)(=O)=O)c2)c2cccs2)CC1. The Morgan fingerprint density at radius 2 is 2.04 bits per heavy atom. The number of carbonyl (C=O) groups is 1. The van der Waals surface area contributed by atoms with Crippen LogP contribution in [-0.2, 0) is 9.84 Å². The fourth-order valence-electron chi connectivity index (χ4n) is 3.45. The van der Waals surface area contributed by atoms with E-state index in [4.69, 9.17) is 11.6 Å². The highest BCUT2D eigenvalue weighted by atomic mass is 35.5.